The Morgan fingerprint density at radius 3 is 2.65 bits per heavy atom. The van der Waals surface area contributed by atoms with Crippen LogP contribution >= 0.6 is 0 Å². The van der Waals surface area contributed by atoms with Gasteiger partial charge in [-0.1, -0.05) is 24.3 Å². The minimum absolute atomic E-state index is 0.0206. The van der Waals surface area contributed by atoms with Crippen LogP contribution in [0.4, 0.5) is 13.2 Å². The van der Waals surface area contributed by atoms with Gasteiger partial charge in [0.1, 0.15) is 5.75 Å². The Morgan fingerprint density at radius 2 is 1.92 bits per heavy atom. The fourth-order valence-corrected chi connectivity index (χ4v) is 6.45. The van der Waals surface area contributed by atoms with Crippen LogP contribution < -0.4 is 0 Å². The van der Waals surface area contributed by atoms with Gasteiger partial charge < -0.3 is 14.9 Å². The summed E-state index contributed by atoms with van der Waals surface area (Å²) in [7, 11) is 1.79. The zero-order valence-electron chi connectivity index (χ0n) is 21.3. The number of hydrogen-bond acceptors (Lipinski definition) is 3. The van der Waals surface area contributed by atoms with Gasteiger partial charge in [-0.05, 0) is 98.4 Å². The second-order valence-corrected chi connectivity index (χ2v) is 11.2. The van der Waals surface area contributed by atoms with Crippen LogP contribution in [0.1, 0.15) is 55.2 Å². The summed E-state index contributed by atoms with van der Waals surface area (Å²) >= 11 is 0. The van der Waals surface area contributed by atoms with Gasteiger partial charge >= 0.3 is 6.18 Å². The highest BCUT2D eigenvalue weighted by molar-refractivity contribution is 5.91. The quantitative estimate of drug-likeness (QED) is 0.476. The van der Waals surface area contributed by atoms with Gasteiger partial charge in [0.15, 0.2) is 0 Å². The van der Waals surface area contributed by atoms with Crippen LogP contribution in [0.15, 0.2) is 54.6 Å². The number of carbonyl (C=O) groups excluding carboxylic acids is 1. The summed E-state index contributed by atoms with van der Waals surface area (Å²) in [6.07, 6.45) is 4.78. The number of phenols is 1. The number of amides is 1. The van der Waals surface area contributed by atoms with Gasteiger partial charge in [-0.2, -0.15) is 13.2 Å². The van der Waals surface area contributed by atoms with Gasteiger partial charge in [-0.25, -0.2) is 0 Å². The highest BCUT2D eigenvalue weighted by Gasteiger charge is 2.49. The van der Waals surface area contributed by atoms with Crippen molar-refractivity contribution in [2.24, 2.45) is 11.8 Å². The van der Waals surface area contributed by atoms with Crippen molar-refractivity contribution in [1.82, 2.24) is 9.80 Å². The van der Waals surface area contributed by atoms with Crippen LogP contribution in [-0.4, -0.2) is 53.5 Å². The monoisotopic (exact) mass is 512 g/mol. The summed E-state index contributed by atoms with van der Waals surface area (Å²) in [4.78, 5) is 17.5. The van der Waals surface area contributed by atoms with Crippen LogP contribution in [-0.2, 0) is 16.4 Å². The first kappa shape index (κ1) is 25.8. The Labute approximate surface area is 216 Å². The van der Waals surface area contributed by atoms with Crippen LogP contribution in [0.2, 0.25) is 0 Å². The molecule has 2 aromatic carbocycles. The lowest BCUT2D eigenvalue weighted by molar-refractivity contribution is -0.137. The third-order valence-electron chi connectivity index (χ3n) is 8.74. The molecule has 0 radical (unpaired) electrons. The number of halogens is 3. The molecule has 1 saturated heterocycles. The topological polar surface area (TPSA) is 43.8 Å². The van der Waals surface area contributed by atoms with Crippen molar-refractivity contribution in [3.8, 4) is 5.75 Å². The van der Waals surface area contributed by atoms with Gasteiger partial charge in [0.25, 0.3) is 0 Å². The van der Waals surface area contributed by atoms with Crippen molar-refractivity contribution < 1.29 is 23.1 Å². The van der Waals surface area contributed by atoms with Gasteiger partial charge in [0.05, 0.1) is 5.56 Å². The number of hydrogen-bond donors (Lipinski definition) is 1. The zero-order chi connectivity index (χ0) is 26.2. The van der Waals surface area contributed by atoms with E-state index in [1.807, 2.05) is 12.1 Å². The van der Waals surface area contributed by atoms with Crippen molar-refractivity contribution in [1.29, 1.82) is 0 Å². The number of phenolic OH excluding ortho intramolecular Hbond substituents is 1. The maximum Gasteiger partial charge on any atom is 0.416 e. The van der Waals surface area contributed by atoms with E-state index >= 15 is 0 Å². The number of rotatable bonds is 6. The molecule has 0 spiro atoms. The molecule has 3 aliphatic rings. The largest absolute Gasteiger partial charge is 0.508 e. The Morgan fingerprint density at radius 1 is 1.14 bits per heavy atom. The number of benzene rings is 2. The van der Waals surface area contributed by atoms with E-state index < -0.39 is 11.7 Å². The van der Waals surface area contributed by atoms with Gasteiger partial charge in [0, 0.05) is 37.7 Å². The molecule has 0 aromatic heterocycles. The number of aromatic hydroxyl groups is 1. The van der Waals surface area contributed by atoms with Crippen molar-refractivity contribution in [3.63, 3.8) is 0 Å². The number of alkyl halides is 3. The second-order valence-electron chi connectivity index (χ2n) is 11.2. The minimum atomic E-state index is -4.42. The second kappa shape index (κ2) is 10.2. The van der Waals surface area contributed by atoms with Crippen molar-refractivity contribution >= 4 is 12.0 Å². The van der Waals surface area contributed by atoms with E-state index in [0.29, 0.717) is 11.5 Å². The Hall–Kier alpha value is -2.80. The van der Waals surface area contributed by atoms with E-state index in [9.17, 15) is 23.1 Å². The predicted molar refractivity (Wildman–Crippen MR) is 138 cm³/mol. The van der Waals surface area contributed by atoms with E-state index in [1.54, 1.807) is 24.1 Å². The molecule has 0 unspecified atom stereocenters. The molecule has 1 aliphatic heterocycles. The molecule has 1 amide bonds. The third kappa shape index (κ3) is 5.71. The number of carbonyl (C=O) groups is 1. The molecule has 5 rings (SSSR count). The van der Waals surface area contributed by atoms with Crippen LogP contribution in [0.3, 0.4) is 0 Å². The smallest absolute Gasteiger partial charge is 0.416 e. The van der Waals surface area contributed by atoms with Gasteiger partial charge in [0.2, 0.25) is 5.91 Å². The average molecular weight is 513 g/mol. The first-order valence-electron chi connectivity index (χ1n) is 13.3. The average Bonchev–Trinajstić information content (AvgIpc) is 3.70. The maximum atomic E-state index is 13.1. The summed E-state index contributed by atoms with van der Waals surface area (Å²) in [6, 6.07) is 12.6. The summed E-state index contributed by atoms with van der Waals surface area (Å²) in [5.74, 6) is 1.36. The van der Waals surface area contributed by atoms with Crippen molar-refractivity contribution in [3.05, 3.63) is 71.3 Å². The molecule has 2 aliphatic carbocycles. The first-order chi connectivity index (χ1) is 17.6. The zero-order valence-corrected chi connectivity index (χ0v) is 21.3. The van der Waals surface area contributed by atoms with E-state index in [1.165, 1.54) is 37.6 Å². The van der Waals surface area contributed by atoms with E-state index in [0.717, 1.165) is 62.4 Å². The number of nitrogens with zero attached hydrogens (tertiary/aromatic N) is 2. The molecule has 198 valence electrons. The Bertz CT molecular complexity index is 1160. The van der Waals surface area contributed by atoms with E-state index in [-0.39, 0.29) is 23.1 Å². The lowest BCUT2D eigenvalue weighted by Crippen LogP contribution is -2.56. The van der Waals surface area contributed by atoms with E-state index in [4.69, 9.17) is 0 Å². The number of piperidine rings is 1. The van der Waals surface area contributed by atoms with Crippen molar-refractivity contribution in [2.75, 3.05) is 26.7 Å². The van der Waals surface area contributed by atoms with Crippen LogP contribution in [0, 0.1) is 11.8 Å². The SMILES string of the molecule is CN(C(=O)/C=C/c1cccc(C(F)(F)F)c1)[C@H]1CC[C@H]2CN(CC3CC3)CC[C@]2(c2cccc(O)c2)C1. The molecular weight excluding hydrogens is 477 g/mol. The lowest BCUT2D eigenvalue weighted by atomic mass is 9.57. The predicted octanol–water partition coefficient (Wildman–Crippen LogP) is 6.11. The molecule has 1 heterocycles. The summed E-state index contributed by atoms with van der Waals surface area (Å²) < 4.78 is 39.1. The number of fused-ring (bicyclic) bond motifs is 1. The summed E-state index contributed by atoms with van der Waals surface area (Å²) in [6.45, 7) is 3.24. The minimum Gasteiger partial charge on any atom is -0.508 e. The molecule has 0 bridgehead atoms. The highest BCUT2D eigenvalue weighted by Crippen LogP contribution is 2.51. The standard InChI is InChI=1S/C30H35F3N2O2/c1-34(28(37)13-10-21-4-2-6-24(16-21)30(31,32)33)26-12-11-25-20-35(19-22-8-9-22)15-14-29(25,18-26)23-5-3-7-27(36)17-23/h2-7,10,13,16-17,22,25-26,36H,8-9,11-12,14-15,18-20H2,1H3/b13-10+/t25-,26-,29+/m0/s1. The molecule has 7 heteroatoms. The molecule has 2 aromatic rings. The molecule has 2 saturated carbocycles. The third-order valence-corrected chi connectivity index (χ3v) is 8.74. The Balaban J connectivity index is 1.33. The lowest BCUT2D eigenvalue weighted by Gasteiger charge is -2.54. The summed E-state index contributed by atoms with van der Waals surface area (Å²) in [5, 5.41) is 10.3. The van der Waals surface area contributed by atoms with Gasteiger partial charge in [-0.15, -0.1) is 0 Å². The first-order valence-corrected chi connectivity index (χ1v) is 13.3. The molecule has 37 heavy (non-hydrogen) atoms. The number of likely N-dealkylation sites (tertiary alicyclic amines) is 1. The summed E-state index contributed by atoms with van der Waals surface area (Å²) in [5.41, 5.74) is 0.657. The normalized spacial score (nSPS) is 26.7. The van der Waals surface area contributed by atoms with Gasteiger partial charge in [-0.3, -0.25) is 4.79 Å². The van der Waals surface area contributed by atoms with Crippen LogP contribution in [0.5, 0.6) is 5.75 Å². The fraction of sp³-hybridized carbons (Fsp3) is 0.500. The van der Waals surface area contributed by atoms with E-state index in [2.05, 4.69) is 11.0 Å². The molecule has 1 N–H and O–H groups in total. The molecule has 3 atom stereocenters. The maximum absolute atomic E-state index is 13.1. The fourth-order valence-electron chi connectivity index (χ4n) is 6.45. The molecule has 4 nitrogen and oxygen atoms in total. The van der Waals surface area contributed by atoms with Crippen molar-refractivity contribution in [2.45, 2.75) is 56.2 Å². The molecular formula is C30H35F3N2O2. The number of likely N-dealkylation sites (N-methyl/N-ethyl adjacent to an activating group) is 1. The highest BCUT2D eigenvalue weighted by atomic mass is 19.4. The molecule has 3 fully saturated rings. The van der Waals surface area contributed by atoms with Crippen LogP contribution in [0.25, 0.3) is 6.08 Å². The Kier molecular flexibility index (Phi) is 7.10.